The molecule has 6 heteroatoms. The number of likely N-dealkylation sites (N-methyl/N-ethyl adjacent to an activating group) is 1. The number of rotatable bonds is 2. The lowest BCUT2D eigenvalue weighted by Crippen LogP contribution is -2.45. The molecule has 4 atom stereocenters. The lowest BCUT2D eigenvalue weighted by molar-refractivity contribution is -0.200. The van der Waals surface area contributed by atoms with Gasteiger partial charge in [0, 0.05) is 18.4 Å². The lowest BCUT2D eigenvalue weighted by Gasteiger charge is -2.47. The Labute approximate surface area is 180 Å². The Bertz CT molecular complexity index is 1170. The molecule has 3 heterocycles. The standard InChI is InChI=1S/C25H21N3O3/c1-26-24(29)20-21-18-14-8-9-15-19(18)27(17-12-6-3-7-13-17)23(16-10-4-2-5-11-16)28(21)31-22(20)25(26)30/h2-15,20-23H,1H3/t20-,21-,22+,23-/m1/s1. The van der Waals surface area contributed by atoms with Crippen LogP contribution in [0.1, 0.15) is 23.3 Å². The van der Waals surface area contributed by atoms with E-state index >= 15 is 0 Å². The molecule has 6 rings (SSSR count). The summed E-state index contributed by atoms with van der Waals surface area (Å²) in [4.78, 5) is 35.6. The summed E-state index contributed by atoms with van der Waals surface area (Å²) in [5.74, 6) is -1.01. The van der Waals surface area contributed by atoms with Gasteiger partial charge in [-0.2, -0.15) is 5.06 Å². The van der Waals surface area contributed by atoms with Crippen LogP contribution in [0.5, 0.6) is 0 Å². The van der Waals surface area contributed by atoms with Crippen LogP contribution in [0.4, 0.5) is 11.4 Å². The number of amides is 2. The number of fused-ring (bicyclic) bond motifs is 5. The van der Waals surface area contributed by atoms with Gasteiger partial charge in [-0.05, 0) is 29.3 Å². The third-order valence-electron chi connectivity index (χ3n) is 6.50. The molecule has 6 nitrogen and oxygen atoms in total. The van der Waals surface area contributed by atoms with Gasteiger partial charge in [0.1, 0.15) is 6.17 Å². The number of hydrogen-bond donors (Lipinski definition) is 0. The molecule has 3 aliphatic rings. The molecule has 0 aromatic heterocycles. The maximum Gasteiger partial charge on any atom is 0.261 e. The third kappa shape index (κ3) is 2.52. The first-order valence-electron chi connectivity index (χ1n) is 10.4. The van der Waals surface area contributed by atoms with Crippen LogP contribution in [0.3, 0.4) is 0 Å². The predicted molar refractivity (Wildman–Crippen MR) is 115 cm³/mol. The zero-order valence-corrected chi connectivity index (χ0v) is 17.0. The largest absolute Gasteiger partial charge is 0.319 e. The molecule has 3 aromatic rings. The molecule has 0 spiro atoms. The fourth-order valence-electron chi connectivity index (χ4n) is 5.11. The van der Waals surface area contributed by atoms with Gasteiger partial charge in [0.15, 0.2) is 6.10 Å². The number of hydroxylamine groups is 2. The Hall–Kier alpha value is -3.48. The Kier molecular flexibility index (Phi) is 4.00. The zero-order chi connectivity index (χ0) is 21.1. The molecule has 2 saturated heterocycles. The number of hydrogen-bond acceptors (Lipinski definition) is 5. The fourth-order valence-corrected chi connectivity index (χ4v) is 5.11. The second-order valence-electron chi connectivity index (χ2n) is 8.14. The van der Waals surface area contributed by atoms with Gasteiger partial charge in [-0.15, -0.1) is 0 Å². The van der Waals surface area contributed by atoms with Crippen LogP contribution >= 0.6 is 0 Å². The van der Waals surface area contributed by atoms with Crippen molar-refractivity contribution in [3.63, 3.8) is 0 Å². The third-order valence-corrected chi connectivity index (χ3v) is 6.50. The van der Waals surface area contributed by atoms with E-state index in [1.54, 1.807) is 0 Å². The van der Waals surface area contributed by atoms with E-state index in [1.165, 1.54) is 11.9 Å². The maximum atomic E-state index is 13.0. The Balaban J connectivity index is 1.60. The summed E-state index contributed by atoms with van der Waals surface area (Å²) in [6, 6.07) is 28.0. The van der Waals surface area contributed by atoms with Crippen LogP contribution in [0.2, 0.25) is 0 Å². The van der Waals surface area contributed by atoms with Crippen molar-refractivity contribution in [3.05, 3.63) is 96.1 Å². The average Bonchev–Trinajstić information content (AvgIpc) is 3.31. The molecule has 2 amide bonds. The zero-order valence-electron chi connectivity index (χ0n) is 17.0. The van der Waals surface area contributed by atoms with Crippen molar-refractivity contribution >= 4 is 23.2 Å². The van der Waals surface area contributed by atoms with Gasteiger partial charge in [-0.1, -0.05) is 66.7 Å². The van der Waals surface area contributed by atoms with Gasteiger partial charge < -0.3 is 4.90 Å². The van der Waals surface area contributed by atoms with E-state index in [9.17, 15) is 9.59 Å². The number of anilines is 2. The van der Waals surface area contributed by atoms with E-state index < -0.39 is 12.0 Å². The monoisotopic (exact) mass is 411 g/mol. The SMILES string of the molecule is CN1C(=O)[C@H]2[C@H](ON3[C@@H]2c2ccccc2N(c2ccccc2)[C@H]3c2ccccc2)C1=O. The van der Waals surface area contributed by atoms with Crippen molar-refractivity contribution in [2.45, 2.75) is 18.3 Å². The van der Waals surface area contributed by atoms with Crippen LogP contribution in [0.15, 0.2) is 84.9 Å². The van der Waals surface area contributed by atoms with E-state index in [2.05, 4.69) is 35.2 Å². The number of nitrogens with zero attached hydrogens (tertiary/aromatic N) is 3. The van der Waals surface area contributed by atoms with Gasteiger partial charge in [-0.25, -0.2) is 0 Å². The molecule has 0 unspecified atom stereocenters. The average molecular weight is 411 g/mol. The van der Waals surface area contributed by atoms with Crippen LogP contribution in [0.25, 0.3) is 0 Å². The highest BCUT2D eigenvalue weighted by molar-refractivity contribution is 6.07. The van der Waals surface area contributed by atoms with E-state index in [1.807, 2.05) is 59.7 Å². The topological polar surface area (TPSA) is 53.1 Å². The first-order valence-corrected chi connectivity index (χ1v) is 10.4. The quantitative estimate of drug-likeness (QED) is 0.601. The maximum absolute atomic E-state index is 13.0. The van der Waals surface area contributed by atoms with Crippen molar-refractivity contribution in [1.82, 2.24) is 9.96 Å². The summed E-state index contributed by atoms with van der Waals surface area (Å²) in [6.45, 7) is 0. The summed E-state index contributed by atoms with van der Waals surface area (Å²) >= 11 is 0. The first-order chi connectivity index (χ1) is 15.2. The molecule has 3 aromatic carbocycles. The number of likely N-dealkylation sites (tertiary alicyclic amines) is 1. The lowest BCUT2D eigenvalue weighted by atomic mass is 9.86. The molecule has 0 radical (unpaired) electrons. The smallest absolute Gasteiger partial charge is 0.261 e. The summed E-state index contributed by atoms with van der Waals surface area (Å²) in [6.07, 6.45) is -1.11. The molecule has 31 heavy (non-hydrogen) atoms. The van der Waals surface area contributed by atoms with Crippen LogP contribution in [-0.2, 0) is 14.4 Å². The van der Waals surface area contributed by atoms with Gasteiger partial charge in [0.25, 0.3) is 5.91 Å². The molecule has 0 bridgehead atoms. The predicted octanol–water partition coefficient (Wildman–Crippen LogP) is 3.81. The van der Waals surface area contributed by atoms with Crippen molar-refractivity contribution in [2.75, 3.05) is 11.9 Å². The molecule has 0 saturated carbocycles. The number of imide groups is 1. The van der Waals surface area contributed by atoms with Crippen LogP contribution in [-0.4, -0.2) is 34.9 Å². The Morgan fingerprint density at radius 2 is 1.42 bits per heavy atom. The highest BCUT2D eigenvalue weighted by Crippen LogP contribution is 2.56. The van der Waals surface area contributed by atoms with Gasteiger partial charge in [-0.3, -0.25) is 19.3 Å². The molecule has 154 valence electrons. The van der Waals surface area contributed by atoms with Crippen molar-refractivity contribution in [1.29, 1.82) is 0 Å². The van der Waals surface area contributed by atoms with E-state index in [4.69, 9.17) is 4.84 Å². The molecule has 2 fully saturated rings. The van der Waals surface area contributed by atoms with E-state index in [0.717, 1.165) is 22.5 Å². The van der Waals surface area contributed by atoms with Crippen LogP contribution < -0.4 is 4.90 Å². The van der Waals surface area contributed by atoms with Gasteiger partial charge in [0.2, 0.25) is 5.91 Å². The number of para-hydroxylation sites is 2. The number of carbonyl (C=O) groups is 2. The summed E-state index contributed by atoms with van der Waals surface area (Å²) in [7, 11) is 1.54. The molecule has 0 aliphatic carbocycles. The molecular weight excluding hydrogens is 390 g/mol. The Morgan fingerprint density at radius 1 is 0.774 bits per heavy atom. The van der Waals surface area contributed by atoms with Crippen LogP contribution in [0, 0.1) is 5.92 Å². The molecule has 3 aliphatic heterocycles. The summed E-state index contributed by atoms with van der Waals surface area (Å²) < 4.78 is 0. The minimum Gasteiger partial charge on any atom is -0.319 e. The number of benzene rings is 3. The van der Waals surface area contributed by atoms with Crippen molar-refractivity contribution < 1.29 is 14.4 Å². The highest BCUT2D eigenvalue weighted by atomic mass is 16.7. The minimum atomic E-state index is -0.794. The minimum absolute atomic E-state index is 0.183. The second-order valence-corrected chi connectivity index (χ2v) is 8.14. The van der Waals surface area contributed by atoms with Crippen molar-refractivity contribution in [3.8, 4) is 0 Å². The molecular formula is C25H21N3O3. The van der Waals surface area contributed by atoms with Gasteiger partial charge >= 0.3 is 0 Å². The summed E-state index contributed by atoms with van der Waals surface area (Å²) in [5.41, 5.74) is 4.04. The second kappa shape index (κ2) is 6.77. The van der Waals surface area contributed by atoms with Crippen molar-refractivity contribution in [2.24, 2.45) is 5.92 Å². The Morgan fingerprint density at radius 3 is 2.16 bits per heavy atom. The molecule has 0 N–H and O–H groups in total. The fraction of sp³-hybridized carbons (Fsp3) is 0.200. The van der Waals surface area contributed by atoms with E-state index in [0.29, 0.717) is 0 Å². The first kappa shape index (κ1) is 18.3. The van der Waals surface area contributed by atoms with E-state index in [-0.39, 0.29) is 24.0 Å². The number of carbonyl (C=O) groups excluding carboxylic acids is 2. The summed E-state index contributed by atoms with van der Waals surface area (Å²) in [5, 5.41) is 1.86. The normalized spacial score (nSPS) is 27.3. The van der Waals surface area contributed by atoms with Gasteiger partial charge in [0.05, 0.1) is 12.0 Å². The highest BCUT2D eigenvalue weighted by Gasteiger charge is 2.62.